The molecule has 1 amide bonds. The van der Waals surface area contributed by atoms with Gasteiger partial charge in [0.1, 0.15) is 11.6 Å². The first kappa shape index (κ1) is 11.8. The zero-order chi connectivity index (χ0) is 12.0. The largest absolute Gasteiger partial charge is 0.508 e. The van der Waals surface area contributed by atoms with Crippen LogP contribution in [0.4, 0.5) is 0 Å². The zero-order valence-electron chi connectivity index (χ0n) is 8.55. The summed E-state index contributed by atoms with van der Waals surface area (Å²) in [7, 11) is 0. The molecule has 0 fully saturated rings. The Kier molecular flexibility index (Phi) is 4.14. The molecule has 0 aliphatic carbocycles. The molecule has 0 unspecified atom stereocenters. The number of benzene rings is 1. The Morgan fingerprint density at radius 3 is 2.88 bits per heavy atom. The molecule has 86 valence electrons. The highest BCUT2D eigenvalue weighted by atomic mass is 16.4. The SMILES string of the molecule is NC(CCNC(=O)c1cccc(O)c1)=NO. The number of carbonyl (C=O) groups is 1. The monoisotopic (exact) mass is 223 g/mol. The molecule has 6 heteroatoms. The number of amides is 1. The van der Waals surface area contributed by atoms with Gasteiger partial charge in [-0.15, -0.1) is 0 Å². The van der Waals surface area contributed by atoms with Gasteiger partial charge in [-0.3, -0.25) is 4.79 Å². The molecule has 1 aromatic carbocycles. The molecule has 0 aliphatic heterocycles. The third-order valence-electron chi connectivity index (χ3n) is 1.90. The van der Waals surface area contributed by atoms with Crippen LogP contribution in [0.25, 0.3) is 0 Å². The van der Waals surface area contributed by atoms with Crippen LogP contribution in [-0.4, -0.2) is 28.6 Å². The summed E-state index contributed by atoms with van der Waals surface area (Å²) in [6, 6.07) is 6.00. The minimum Gasteiger partial charge on any atom is -0.508 e. The number of rotatable bonds is 4. The quantitative estimate of drug-likeness (QED) is 0.254. The van der Waals surface area contributed by atoms with Crippen molar-refractivity contribution in [2.45, 2.75) is 6.42 Å². The Labute approximate surface area is 92.4 Å². The van der Waals surface area contributed by atoms with E-state index in [1.807, 2.05) is 0 Å². The van der Waals surface area contributed by atoms with Crippen LogP contribution in [0.15, 0.2) is 29.4 Å². The first-order chi connectivity index (χ1) is 7.63. The van der Waals surface area contributed by atoms with Gasteiger partial charge in [0.15, 0.2) is 0 Å². The number of phenolic OH excluding ortho intramolecular Hbond substituents is 1. The molecule has 0 heterocycles. The van der Waals surface area contributed by atoms with E-state index in [2.05, 4.69) is 10.5 Å². The number of aromatic hydroxyl groups is 1. The van der Waals surface area contributed by atoms with Gasteiger partial charge in [-0.25, -0.2) is 0 Å². The van der Waals surface area contributed by atoms with Gasteiger partial charge >= 0.3 is 0 Å². The van der Waals surface area contributed by atoms with Gasteiger partial charge in [-0.1, -0.05) is 11.2 Å². The van der Waals surface area contributed by atoms with Crippen molar-refractivity contribution in [3.05, 3.63) is 29.8 Å². The Morgan fingerprint density at radius 2 is 2.25 bits per heavy atom. The standard InChI is InChI=1S/C10H13N3O3/c11-9(13-16)4-5-12-10(15)7-2-1-3-8(14)6-7/h1-3,6,14,16H,4-5H2,(H2,11,13)(H,12,15). The number of carbonyl (C=O) groups excluding carboxylic acids is 1. The van der Waals surface area contributed by atoms with Gasteiger partial charge in [-0.2, -0.15) is 0 Å². The third-order valence-corrected chi connectivity index (χ3v) is 1.90. The van der Waals surface area contributed by atoms with E-state index in [9.17, 15) is 4.79 Å². The fourth-order valence-electron chi connectivity index (χ4n) is 1.10. The van der Waals surface area contributed by atoms with Crippen molar-refractivity contribution in [1.82, 2.24) is 5.32 Å². The number of hydrogen-bond acceptors (Lipinski definition) is 4. The third kappa shape index (κ3) is 3.49. The molecule has 1 rings (SSSR count). The summed E-state index contributed by atoms with van der Waals surface area (Å²) in [6.45, 7) is 0.268. The van der Waals surface area contributed by atoms with Crippen molar-refractivity contribution in [2.24, 2.45) is 10.9 Å². The van der Waals surface area contributed by atoms with E-state index in [1.54, 1.807) is 12.1 Å². The van der Waals surface area contributed by atoms with Gasteiger partial charge < -0.3 is 21.4 Å². The topological polar surface area (TPSA) is 108 Å². The smallest absolute Gasteiger partial charge is 0.251 e. The van der Waals surface area contributed by atoms with E-state index in [1.165, 1.54) is 12.1 Å². The summed E-state index contributed by atoms with van der Waals surface area (Å²) < 4.78 is 0. The highest BCUT2D eigenvalue weighted by molar-refractivity contribution is 5.94. The summed E-state index contributed by atoms with van der Waals surface area (Å²) in [5, 5.41) is 22.8. The van der Waals surface area contributed by atoms with E-state index in [0.717, 1.165) is 0 Å². The number of oxime groups is 1. The number of amidine groups is 1. The van der Waals surface area contributed by atoms with Crippen LogP contribution in [-0.2, 0) is 0 Å². The highest BCUT2D eigenvalue weighted by Gasteiger charge is 2.05. The highest BCUT2D eigenvalue weighted by Crippen LogP contribution is 2.10. The van der Waals surface area contributed by atoms with Gasteiger partial charge in [0.2, 0.25) is 0 Å². The van der Waals surface area contributed by atoms with E-state index in [0.29, 0.717) is 5.56 Å². The predicted molar refractivity (Wildman–Crippen MR) is 58.5 cm³/mol. The van der Waals surface area contributed by atoms with Crippen molar-refractivity contribution in [1.29, 1.82) is 0 Å². The maximum atomic E-state index is 11.5. The summed E-state index contributed by atoms with van der Waals surface area (Å²) in [5.41, 5.74) is 5.59. The van der Waals surface area contributed by atoms with Crippen molar-refractivity contribution < 1.29 is 15.1 Å². The van der Waals surface area contributed by atoms with Gasteiger partial charge in [0.25, 0.3) is 5.91 Å². The summed E-state index contributed by atoms with van der Waals surface area (Å²) >= 11 is 0. The molecule has 5 N–H and O–H groups in total. The number of nitrogens with one attached hydrogen (secondary N) is 1. The lowest BCUT2D eigenvalue weighted by atomic mass is 10.2. The summed E-state index contributed by atoms with van der Waals surface area (Å²) in [4.78, 5) is 11.5. The molecule has 0 atom stereocenters. The Bertz CT molecular complexity index is 404. The van der Waals surface area contributed by atoms with E-state index < -0.39 is 0 Å². The van der Waals surface area contributed by atoms with Crippen LogP contribution in [0.1, 0.15) is 16.8 Å². The second-order valence-corrected chi connectivity index (χ2v) is 3.15. The first-order valence-corrected chi connectivity index (χ1v) is 4.67. The fraction of sp³-hybridized carbons (Fsp3) is 0.200. The number of phenols is 1. The minimum absolute atomic E-state index is 0.0316. The molecule has 0 bridgehead atoms. The molecule has 0 saturated carbocycles. The van der Waals surface area contributed by atoms with Crippen LogP contribution < -0.4 is 11.1 Å². The number of nitrogens with zero attached hydrogens (tertiary/aromatic N) is 1. The molecule has 0 radical (unpaired) electrons. The molecular formula is C10H13N3O3. The summed E-state index contributed by atoms with van der Waals surface area (Å²) in [5.74, 6) is -0.234. The van der Waals surface area contributed by atoms with E-state index >= 15 is 0 Å². The Balaban J connectivity index is 2.47. The molecule has 16 heavy (non-hydrogen) atoms. The molecule has 6 nitrogen and oxygen atoms in total. The fourth-order valence-corrected chi connectivity index (χ4v) is 1.10. The van der Waals surface area contributed by atoms with Crippen molar-refractivity contribution >= 4 is 11.7 Å². The molecule has 1 aromatic rings. The molecule has 0 aliphatic rings. The minimum atomic E-state index is -0.318. The van der Waals surface area contributed by atoms with Gasteiger partial charge in [0, 0.05) is 18.5 Å². The second kappa shape index (κ2) is 5.59. The average Bonchev–Trinajstić information content (AvgIpc) is 2.28. The van der Waals surface area contributed by atoms with Crippen molar-refractivity contribution in [3.63, 3.8) is 0 Å². The van der Waals surface area contributed by atoms with Crippen molar-refractivity contribution in [3.8, 4) is 5.75 Å². The lowest BCUT2D eigenvalue weighted by molar-refractivity contribution is 0.0954. The molecule has 0 aromatic heterocycles. The van der Waals surface area contributed by atoms with Crippen LogP contribution in [0, 0.1) is 0 Å². The van der Waals surface area contributed by atoms with Gasteiger partial charge in [0.05, 0.1) is 0 Å². The maximum Gasteiger partial charge on any atom is 0.251 e. The summed E-state index contributed by atoms with van der Waals surface area (Å²) in [6.07, 6.45) is 0.265. The number of hydrogen-bond donors (Lipinski definition) is 4. The Hall–Kier alpha value is -2.24. The molecule has 0 saturated heterocycles. The average molecular weight is 223 g/mol. The normalized spacial score (nSPS) is 11.1. The first-order valence-electron chi connectivity index (χ1n) is 4.67. The van der Waals surface area contributed by atoms with Crippen LogP contribution in [0.3, 0.4) is 0 Å². The Morgan fingerprint density at radius 1 is 1.50 bits per heavy atom. The van der Waals surface area contributed by atoms with Gasteiger partial charge in [-0.05, 0) is 18.2 Å². The lowest BCUT2D eigenvalue weighted by Crippen LogP contribution is -2.27. The second-order valence-electron chi connectivity index (χ2n) is 3.15. The zero-order valence-corrected chi connectivity index (χ0v) is 8.55. The number of nitrogens with two attached hydrogens (primary N) is 1. The molecular weight excluding hydrogens is 210 g/mol. The van der Waals surface area contributed by atoms with Crippen LogP contribution >= 0.6 is 0 Å². The predicted octanol–water partition coefficient (Wildman–Crippen LogP) is 0.258. The maximum absolute atomic E-state index is 11.5. The lowest BCUT2D eigenvalue weighted by Gasteiger charge is -2.04. The van der Waals surface area contributed by atoms with E-state index in [-0.39, 0.29) is 30.5 Å². The van der Waals surface area contributed by atoms with Crippen LogP contribution in [0.5, 0.6) is 5.75 Å². The van der Waals surface area contributed by atoms with Crippen molar-refractivity contribution in [2.75, 3.05) is 6.54 Å². The van der Waals surface area contributed by atoms with Crippen LogP contribution in [0.2, 0.25) is 0 Å². The molecule has 0 spiro atoms. The van der Waals surface area contributed by atoms with E-state index in [4.69, 9.17) is 16.0 Å².